The first-order chi connectivity index (χ1) is 16.3. The molecule has 3 N–H and O–H groups in total. The van der Waals surface area contributed by atoms with Gasteiger partial charge in [-0.05, 0) is 60.7 Å². The van der Waals surface area contributed by atoms with Gasteiger partial charge in [0.15, 0.2) is 0 Å². The van der Waals surface area contributed by atoms with Crippen LogP contribution in [0.4, 0.5) is 0 Å². The Morgan fingerprint density at radius 2 is 2.06 bits per heavy atom. The highest BCUT2D eigenvalue weighted by molar-refractivity contribution is 14.1. The number of aliphatic hydroxyl groups excluding tert-OH is 2. The molecule has 182 valence electrons. The van der Waals surface area contributed by atoms with E-state index in [-0.39, 0.29) is 37.9 Å². The van der Waals surface area contributed by atoms with Crippen LogP contribution in [0.1, 0.15) is 25.8 Å². The number of amides is 2. The summed E-state index contributed by atoms with van der Waals surface area (Å²) in [6.45, 7) is 3.74. The Labute approximate surface area is 212 Å². The molecule has 0 bridgehead atoms. The average Bonchev–Trinajstić information content (AvgIpc) is 3.31. The molecule has 1 aromatic carbocycles. The van der Waals surface area contributed by atoms with Crippen molar-refractivity contribution in [3.05, 3.63) is 75.3 Å². The predicted molar refractivity (Wildman–Crippen MR) is 135 cm³/mol. The number of carbonyl (C=O) groups excluding carboxylic acids is 2. The van der Waals surface area contributed by atoms with Crippen LogP contribution in [0.15, 0.2) is 70.6 Å². The largest absolute Gasteiger partial charge is 0.482 e. The van der Waals surface area contributed by atoms with Crippen LogP contribution >= 0.6 is 22.6 Å². The van der Waals surface area contributed by atoms with Crippen molar-refractivity contribution in [3.8, 4) is 5.75 Å². The highest BCUT2D eigenvalue weighted by atomic mass is 127. The van der Waals surface area contributed by atoms with E-state index in [0.717, 1.165) is 14.7 Å². The molecule has 2 aromatic rings. The maximum atomic E-state index is 13.2. The fourth-order valence-corrected chi connectivity index (χ4v) is 4.25. The molecule has 0 saturated carbocycles. The van der Waals surface area contributed by atoms with Gasteiger partial charge in [-0.3, -0.25) is 9.59 Å². The van der Waals surface area contributed by atoms with Crippen LogP contribution in [0.2, 0.25) is 0 Å². The molecule has 3 unspecified atom stereocenters. The minimum Gasteiger partial charge on any atom is -0.482 e. The highest BCUT2D eigenvalue weighted by Crippen LogP contribution is 2.30. The van der Waals surface area contributed by atoms with Crippen LogP contribution in [0.25, 0.3) is 0 Å². The van der Waals surface area contributed by atoms with Gasteiger partial charge in [0.05, 0.1) is 28.7 Å². The average molecular weight is 580 g/mol. The van der Waals surface area contributed by atoms with Crippen molar-refractivity contribution < 1.29 is 29.0 Å². The Morgan fingerprint density at radius 3 is 2.71 bits per heavy atom. The van der Waals surface area contributed by atoms with Gasteiger partial charge in [0.1, 0.15) is 18.0 Å². The van der Waals surface area contributed by atoms with E-state index < -0.39 is 18.2 Å². The molecule has 34 heavy (non-hydrogen) atoms. The summed E-state index contributed by atoms with van der Waals surface area (Å²) in [5, 5.41) is 23.1. The minimum absolute atomic E-state index is 0.0981. The Balaban J connectivity index is 1.98. The van der Waals surface area contributed by atoms with E-state index in [9.17, 15) is 14.7 Å². The van der Waals surface area contributed by atoms with Gasteiger partial charge in [0.25, 0.3) is 0 Å². The summed E-state index contributed by atoms with van der Waals surface area (Å²) < 4.78 is 12.1. The van der Waals surface area contributed by atoms with Crippen LogP contribution in [-0.2, 0) is 16.1 Å². The number of carbonyl (C=O) groups is 2. The van der Waals surface area contributed by atoms with Gasteiger partial charge in [-0.15, -0.1) is 0 Å². The monoisotopic (exact) mass is 580 g/mol. The van der Waals surface area contributed by atoms with E-state index in [4.69, 9.17) is 14.3 Å². The number of rotatable bonds is 9. The number of hydrogen-bond donors (Lipinski definition) is 3. The van der Waals surface area contributed by atoms with Crippen molar-refractivity contribution in [3.63, 3.8) is 0 Å². The third kappa shape index (κ3) is 6.71. The Hall–Kier alpha value is -2.63. The van der Waals surface area contributed by atoms with Crippen LogP contribution < -0.4 is 10.1 Å². The van der Waals surface area contributed by atoms with Crippen molar-refractivity contribution in [2.24, 2.45) is 0 Å². The zero-order chi connectivity index (χ0) is 24.7. The number of hydrogen-bond acceptors (Lipinski definition) is 6. The van der Waals surface area contributed by atoms with Gasteiger partial charge < -0.3 is 29.6 Å². The van der Waals surface area contributed by atoms with Gasteiger partial charge in [-0.25, -0.2) is 0 Å². The third-order valence-electron chi connectivity index (χ3n) is 5.34. The third-order valence-corrected chi connectivity index (χ3v) is 6.23. The summed E-state index contributed by atoms with van der Waals surface area (Å²) in [7, 11) is 0. The van der Waals surface area contributed by atoms with Crippen molar-refractivity contribution in [1.82, 2.24) is 10.2 Å². The Kier molecular flexibility index (Phi) is 9.31. The van der Waals surface area contributed by atoms with E-state index in [0.29, 0.717) is 11.3 Å². The summed E-state index contributed by atoms with van der Waals surface area (Å²) in [6.07, 6.45) is 4.34. The number of allylic oxidation sites excluding steroid dienone is 1. The number of aliphatic hydroxyl groups is 2. The van der Waals surface area contributed by atoms with Gasteiger partial charge in [0, 0.05) is 36.7 Å². The summed E-state index contributed by atoms with van der Waals surface area (Å²) >= 11 is 2.14. The standard InChI is InChI=1S/C25H29IN2O6/c1-16(2)11-23(30)28(14-17-7-10-33-15-17)20-12-18(25(32)27-8-9-29)13-22(24(20)31)34-21-6-4-3-5-19(21)26/h3-7,10-11,13,15,20,22,24,29,31H,8-9,12,14H2,1-2H3,(H,27,32). The molecule has 0 fully saturated rings. The van der Waals surface area contributed by atoms with Crippen molar-refractivity contribution in [2.75, 3.05) is 13.2 Å². The Bertz CT molecular complexity index is 1050. The molecule has 9 heteroatoms. The van der Waals surface area contributed by atoms with Crippen LogP contribution in [-0.4, -0.2) is 58.3 Å². The number of benzene rings is 1. The lowest BCUT2D eigenvalue weighted by Crippen LogP contribution is -2.54. The molecular weight excluding hydrogens is 551 g/mol. The molecule has 0 aliphatic heterocycles. The van der Waals surface area contributed by atoms with Gasteiger partial charge in [0.2, 0.25) is 11.8 Å². The molecule has 0 radical (unpaired) electrons. The van der Waals surface area contributed by atoms with Crippen LogP contribution in [0, 0.1) is 3.57 Å². The topological polar surface area (TPSA) is 112 Å². The molecule has 3 rings (SSSR count). The van der Waals surface area contributed by atoms with Crippen molar-refractivity contribution >= 4 is 34.4 Å². The number of nitrogens with zero attached hydrogens (tertiary/aromatic N) is 1. The van der Waals surface area contributed by atoms with Gasteiger partial charge in [-0.2, -0.15) is 0 Å². The zero-order valence-corrected chi connectivity index (χ0v) is 21.3. The molecule has 0 saturated heterocycles. The summed E-state index contributed by atoms with van der Waals surface area (Å²) in [6, 6.07) is 8.39. The van der Waals surface area contributed by atoms with Gasteiger partial charge in [-0.1, -0.05) is 17.7 Å². The molecular formula is C25H29IN2O6. The van der Waals surface area contributed by atoms with Crippen LogP contribution in [0.3, 0.4) is 0 Å². The molecule has 3 atom stereocenters. The quantitative estimate of drug-likeness (QED) is 0.311. The van der Waals surface area contributed by atoms with E-state index >= 15 is 0 Å². The van der Waals surface area contributed by atoms with Crippen molar-refractivity contribution in [1.29, 1.82) is 0 Å². The van der Waals surface area contributed by atoms with Crippen LogP contribution in [0.5, 0.6) is 5.75 Å². The molecule has 1 heterocycles. The normalized spacial score (nSPS) is 19.7. The first kappa shape index (κ1) is 26.0. The van der Waals surface area contributed by atoms with Gasteiger partial charge >= 0.3 is 0 Å². The highest BCUT2D eigenvalue weighted by Gasteiger charge is 2.40. The maximum absolute atomic E-state index is 13.2. The fourth-order valence-electron chi connectivity index (χ4n) is 3.73. The second kappa shape index (κ2) is 12.2. The van der Waals surface area contributed by atoms with E-state index in [1.807, 2.05) is 32.0 Å². The number of nitrogens with one attached hydrogen (secondary N) is 1. The number of para-hydroxylation sites is 1. The summed E-state index contributed by atoms with van der Waals surface area (Å²) in [5.41, 5.74) is 1.95. The molecule has 1 aliphatic carbocycles. The van der Waals surface area contributed by atoms with Crippen molar-refractivity contribution in [2.45, 2.75) is 45.1 Å². The lowest BCUT2D eigenvalue weighted by atomic mass is 9.88. The first-order valence-electron chi connectivity index (χ1n) is 11.0. The Morgan fingerprint density at radius 1 is 1.29 bits per heavy atom. The molecule has 8 nitrogen and oxygen atoms in total. The fraction of sp³-hybridized carbons (Fsp3) is 0.360. The lowest BCUT2D eigenvalue weighted by molar-refractivity contribution is -0.134. The number of furan rings is 1. The molecule has 2 amide bonds. The predicted octanol–water partition coefficient (Wildman–Crippen LogP) is 2.79. The summed E-state index contributed by atoms with van der Waals surface area (Å²) in [4.78, 5) is 27.5. The minimum atomic E-state index is -1.09. The smallest absolute Gasteiger partial charge is 0.247 e. The lowest BCUT2D eigenvalue weighted by Gasteiger charge is -2.40. The molecule has 1 aliphatic rings. The number of halogens is 1. The SMILES string of the molecule is CC(C)=CC(=O)N(Cc1ccoc1)C1CC(C(=O)NCCO)=CC(Oc2ccccc2I)C1O. The molecule has 1 aromatic heterocycles. The first-order valence-corrected chi connectivity index (χ1v) is 12.0. The van der Waals surface area contributed by atoms with E-state index in [1.54, 1.807) is 29.4 Å². The summed E-state index contributed by atoms with van der Waals surface area (Å²) in [5.74, 6) is -0.0910. The van der Waals surface area contributed by atoms with E-state index in [2.05, 4.69) is 27.9 Å². The molecule has 0 spiro atoms. The zero-order valence-electron chi connectivity index (χ0n) is 19.1. The number of ether oxygens (including phenoxy) is 1. The second-order valence-corrected chi connectivity index (χ2v) is 9.43. The maximum Gasteiger partial charge on any atom is 0.247 e. The van der Waals surface area contributed by atoms with E-state index in [1.165, 1.54) is 12.3 Å². The second-order valence-electron chi connectivity index (χ2n) is 8.27.